The van der Waals surface area contributed by atoms with Gasteiger partial charge in [-0.1, -0.05) is 64.5 Å². The van der Waals surface area contributed by atoms with Gasteiger partial charge in [0.2, 0.25) is 5.91 Å². The van der Waals surface area contributed by atoms with Crippen LogP contribution in [-0.4, -0.2) is 23.4 Å². The minimum atomic E-state index is -0.473. The van der Waals surface area contributed by atoms with Crippen molar-refractivity contribution in [3.63, 3.8) is 0 Å². The van der Waals surface area contributed by atoms with Crippen molar-refractivity contribution >= 4 is 27.8 Å². The third kappa shape index (κ3) is 4.86. The maximum atomic E-state index is 13.2. The molecule has 0 saturated carbocycles. The van der Waals surface area contributed by atoms with Crippen LogP contribution in [0.15, 0.2) is 71.3 Å². The van der Waals surface area contributed by atoms with Crippen molar-refractivity contribution in [2.75, 3.05) is 6.61 Å². The van der Waals surface area contributed by atoms with E-state index in [-0.39, 0.29) is 24.2 Å². The monoisotopic (exact) mass is 427 g/mol. The number of halogens is 1. The summed E-state index contributed by atoms with van der Waals surface area (Å²) in [6.07, 6.45) is 3.92. The van der Waals surface area contributed by atoms with Crippen LogP contribution >= 0.6 is 15.9 Å². The number of allylic oxidation sites excluding steroid dienone is 1. The predicted octanol–water partition coefficient (Wildman–Crippen LogP) is 4.66. The maximum Gasteiger partial charge on any atom is 0.306 e. The van der Waals surface area contributed by atoms with Gasteiger partial charge >= 0.3 is 5.97 Å². The summed E-state index contributed by atoms with van der Waals surface area (Å²) < 4.78 is 6.09. The highest BCUT2D eigenvalue weighted by atomic mass is 79.9. The zero-order chi connectivity index (χ0) is 19.2. The van der Waals surface area contributed by atoms with Gasteiger partial charge in [-0.05, 0) is 30.2 Å². The van der Waals surface area contributed by atoms with Gasteiger partial charge in [0, 0.05) is 16.6 Å². The van der Waals surface area contributed by atoms with Gasteiger partial charge in [-0.2, -0.15) is 0 Å². The van der Waals surface area contributed by atoms with Crippen LogP contribution in [0.3, 0.4) is 0 Å². The van der Waals surface area contributed by atoms with Crippen molar-refractivity contribution in [2.24, 2.45) is 5.92 Å². The fourth-order valence-electron chi connectivity index (χ4n) is 3.32. The first kappa shape index (κ1) is 19.4. The number of esters is 1. The zero-order valence-electron chi connectivity index (χ0n) is 15.2. The van der Waals surface area contributed by atoms with Crippen LogP contribution in [0.4, 0.5) is 0 Å². The average molecular weight is 428 g/mol. The molecule has 5 heteroatoms. The van der Waals surface area contributed by atoms with Crippen molar-refractivity contribution in [3.05, 3.63) is 82.5 Å². The molecule has 0 fully saturated rings. The van der Waals surface area contributed by atoms with E-state index in [1.165, 1.54) is 0 Å². The van der Waals surface area contributed by atoms with E-state index in [1.807, 2.05) is 66.9 Å². The van der Waals surface area contributed by atoms with Crippen LogP contribution in [-0.2, 0) is 20.9 Å². The van der Waals surface area contributed by atoms with Crippen molar-refractivity contribution in [2.45, 2.75) is 25.8 Å². The Morgan fingerprint density at radius 2 is 1.81 bits per heavy atom. The summed E-state index contributed by atoms with van der Waals surface area (Å²) in [5, 5.41) is 0. The Morgan fingerprint density at radius 3 is 2.48 bits per heavy atom. The first-order valence-electron chi connectivity index (χ1n) is 9.02. The van der Waals surface area contributed by atoms with Crippen molar-refractivity contribution in [1.82, 2.24) is 4.90 Å². The van der Waals surface area contributed by atoms with Gasteiger partial charge < -0.3 is 9.64 Å². The Labute approximate surface area is 168 Å². The Bertz CT molecular complexity index is 817. The molecule has 2 aromatic rings. The number of benzene rings is 2. The fourth-order valence-corrected chi connectivity index (χ4v) is 3.59. The van der Waals surface area contributed by atoms with E-state index < -0.39 is 5.92 Å². The first-order chi connectivity index (χ1) is 13.1. The minimum absolute atomic E-state index is 0.0534. The number of amides is 1. The quantitative estimate of drug-likeness (QED) is 0.629. The average Bonchev–Trinajstić information content (AvgIpc) is 2.67. The van der Waals surface area contributed by atoms with Crippen LogP contribution in [0.25, 0.3) is 0 Å². The van der Waals surface area contributed by atoms with E-state index in [0.717, 1.165) is 15.6 Å². The molecule has 1 amide bonds. The summed E-state index contributed by atoms with van der Waals surface area (Å²) >= 11 is 3.44. The van der Waals surface area contributed by atoms with Gasteiger partial charge in [0.25, 0.3) is 0 Å². The summed E-state index contributed by atoms with van der Waals surface area (Å²) in [6, 6.07) is 17.7. The molecule has 140 valence electrons. The van der Waals surface area contributed by atoms with Gasteiger partial charge in [0.15, 0.2) is 0 Å². The number of ether oxygens (including phenoxy) is 1. The number of carbonyl (C=O) groups is 2. The van der Waals surface area contributed by atoms with Gasteiger partial charge in [-0.25, -0.2) is 0 Å². The summed E-state index contributed by atoms with van der Waals surface area (Å²) in [5.41, 5.74) is 2.06. The van der Waals surface area contributed by atoms with Crippen LogP contribution in [0.5, 0.6) is 0 Å². The number of hydrogen-bond acceptors (Lipinski definition) is 3. The molecule has 0 N–H and O–H groups in total. The van der Waals surface area contributed by atoms with Gasteiger partial charge in [0.1, 0.15) is 0 Å². The molecular weight excluding hydrogens is 406 g/mol. The van der Waals surface area contributed by atoms with Crippen molar-refractivity contribution in [1.29, 1.82) is 0 Å². The van der Waals surface area contributed by atoms with E-state index in [2.05, 4.69) is 15.9 Å². The lowest BCUT2D eigenvalue weighted by Gasteiger charge is -2.33. The maximum absolute atomic E-state index is 13.2. The lowest BCUT2D eigenvalue weighted by atomic mass is 9.81. The molecule has 0 bridgehead atoms. The van der Waals surface area contributed by atoms with Gasteiger partial charge in [-0.3, -0.25) is 9.59 Å². The van der Waals surface area contributed by atoms with E-state index >= 15 is 0 Å². The second-order valence-electron chi connectivity index (χ2n) is 6.49. The highest BCUT2D eigenvalue weighted by Crippen LogP contribution is 2.35. The standard InChI is InChI=1S/C22H22BrNO3/c1-2-27-21(25)14-20-19(17-8-10-18(23)11-9-17)12-13-24(22(20)26)15-16-6-4-3-5-7-16/h3-13,19-20H,2,14-15H2,1H3/t19-,20-/m0/s1. The molecule has 3 rings (SSSR count). The van der Waals surface area contributed by atoms with Crippen LogP contribution in [0, 0.1) is 5.92 Å². The fraction of sp³-hybridized carbons (Fsp3) is 0.273. The van der Waals surface area contributed by atoms with Gasteiger partial charge in [0.05, 0.1) is 25.5 Å². The van der Waals surface area contributed by atoms with E-state index in [4.69, 9.17) is 4.74 Å². The molecule has 1 heterocycles. The number of nitrogens with zero attached hydrogens (tertiary/aromatic N) is 1. The Kier molecular flexibility index (Phi) is 6.45. The zero-order valence-corrected chi connectivity index (χ0v) is 16.8. The van der Waals surface area contributed by atoms with Gasteiger partial charge in [-0.15, -0.1) is 0 Å². The van der Waals surface area contributed by atoms with E-state index in [1.54, 1.807) is 11.8 Å². The molecule has 0 aromatic heterocycles. The highest BCUT2D eigenvalue weighted by molar-refractivity contribution is 9.10. The highest BCUT2D eigenvalue weighted by Gasteiger charge is 2.36. The number of rotatable bonds is 6. The largest absolute Gasteiger partial charge is 0.466 e. The topological polar surface area (TPSA) is 46.6 Å². The van der Waals surface area contributed by atoms with Crippen LogP contribution < -0.4 is 0 Å². The third-order valence-electron chi connectivity index (χ3n) is 4.65. The lowest BCUT2D eigenvalue weighted by Crippen LogP contribution is -2.39. The molecule has 2 aromatic carbocycles. The summed E-state index contributed by atoms with van der Waals surface area (Å²) in [6.45, 7) is 2.57. The lowest BCUT2D eigenvalue weighted by molar-refractivity contribution is -0.148. The molecule has 4 nitrogen and oxygen atoms in total. The third-order valence-corrected chi connectivity index (χ3v) is 5.18. The molecular formula is C22H22BrNO3. The minimum Gasteiger partial charge on any atom is -0.466 e. The normalized spacial score (nSPS) is 19.2. The second-order valence-corrected chi connectivity index (χ2v) is 7.40. The Hall–Kier alpha value is -2.40. The summed E-state index contributed by atoms with van der Waals surface area (Å²) in [4.78, 5) is 27.0. The molecule has 0 spiro atoms. The van der Waals surface area contributed by atoms with E-state index in [0.29, 0.717) is 13.2 Å². The Morgan fingerprint density at radius 1 is 1.11 bits per heavy atom. The number of hydrogen-bond donors (Lipinski definition) is 0. The second kappa shape index (κ2) is 9.00. The van der Waals surface area contributed by atoms with Crippen molar-refractivity contribution < 1.29 is 14.3 Å². The predicted molar refractivity (Wildman–Crippen MR) is 108 cm³/mol. The molecule has 0 saturated heterocycles. The molecule has 27 heavy (non-hydrogen) atoms. The molecule has 0 unspecified atom stereocenters. The number of carbonyl (C=O) groups excluding carboxylic acids is 2. The van der Waals surface area contributed by atoms with Crippen LogP contribution in [0.1, 0.15) is 30.4 Å². The summed E-state index contributed by atoms with van der Waals surface area (Å²) in [7, 11) is 0. The molecule has 0 radical (unpaired) electrons. The molecule has 2 atom stereocenters. The van der Waals surface area contributed by atoms with E-state index in [9.17, 15) is 9.59 Å². The van der Waals surface area contributed by atoms with Crippen molar-refractivity contribution in [3.8, 4) is 0 Å². The SMILES string of the molecule is CCOC(=O)C[C@@H]1C(=O)N(Cc2ccccc2)C=C[C@H]1c1ccc(Br)cc1. The summed E-state index contributed by atoms with van der Waals surface area (Å²) in [5.74, 6) is -1.02. The van der Waals surface area contributed by atoms with Crippen LogP contribution in [0.2, 0.25) is 0 Å². The smallest absolute Gasteiger partial charge is 0.306 e. The molecule has 0 aliphatic carbocycles. The Balaban J connectivity index is 1.87. The molecule has 1 aliphatic heterocycles. The molecule has 1 aliphatic rings. The first-order valence-corrected chi connectivity index (χ1v) is 9.81.